The van der Waals surface area contributed by atoms with E-state index in [0.717, 1.165) is 35.5 Å². The fourth-order valence-corrected chi connectivity index (χ4v) is 4.25. The van der Waals surface area contributed by atoms with Crippen LogP contribution in [0.15, 0.2) is 36.7 Å². The summed E-state index contributed by atoms with van der Waals surface area (Å²) in [6.07, 6.45) is 2.20. The van der Waals surface area contributed by atoms with Crippen molar-refractivity contribution in [1.82, 2.24) is 14.9 Å². The Labute approximate surface area is 151 Å². The van der Waals surface area contributed by atoms with Gasteiger partial charge in [0.05, 0.1) is 11.5 Å². The number of rotatable bonds is 5. The number of aryl methyl sites for hydroxylation is 1. The molecule has 1 unspecified atom stereocenters. The van der Waals surface area contributed by atoms with Crippen LogP contribution in [0.2, 0.25) is 0 Å². The number of nitrogens with one attached hydrogen (secondary N) is 1. The van der Waals surface area contributed by atoms with Crippen molar-refractivity contribution < 1.29 is 5.11 Å². The SMILES string of the molecule is Cc1cc2c(NCC(O)CN3CCc4ccccc4C3)ncnc2s1. The summed E-state index contributed by atoms with van der Waals surface area (Å²) in [5.41, 5.74) is 2.81. The van der Waals surface area contributed by atoms with Crippen LogP contribution >= 0.6 is 11.3 Å². The largest absolute Gasteiger partial charge is 0.390 e. The van der Waals surface area contributed by atoms with E-state index >= 15 is 0 Å². The van der Waals surface area contributed by atoms with E-state index in [1.807, 2.05) is 0 Å². The number of nitrogens with zero attached hydrogens (tertiary/aromatic N) is 3. The Morgan fingerprint density at radius 3 is 3.00 bits per heavy atom. The summed E-state index contributed by atoms with van der Waals surface area (Å²) in [5.74, 6) is 0.803. The summed E-state index contributed by atoms with van der Waals surface area (Å²) in [5, 5.41) is 14.8. The highest BCUT2D eigenvalue weighted by atomic mass is 32.1. The van der Waals surface area contributed by atoms with E-state index in [4.69, 9.17) is 0 Å². The van der Waals surface area contributed by atoms with E-state index in [1.54, 1.807) is 17.7 Å². The molecule has 6 heteroatoms. The highest BCUT2D eigenvalue weighted by molar-refractivity contribution is 7.18. The summed E-state index contributed by atoms with van der Waals surface area (Å²) in [7, 11) is 0. The van der Waals surface area contributed by atoms with E-state index in [0.29, 0.717) is 13.1 Å². The Bertz CT molecular complexity index is 879. The molecule has 1 aromatic carbocycles. The van der Waals surface area contributed by atoms with E-state index in [2.05, 4.69) is 57.4 Å². The highest BCUT2D eigenvalue weighted by Crippen LogP contribution is 2.27. The first-order valence-electron chi connectivity index (χ1n) is 8.61. The number of hydrogen-bond acceptors (Lipinski definition) is 6. The third-order valence-electron chi connectivity index (χ3n) is 4.64. The first kappa shape index (κ1) is 16.4. The minimum Gasteiger partial charge on any atom is -0.390 e. The van der Waals surface area contributed by atoms with E-state index < -0.39 is 6.10 Å². The van der Waals surface area contributed by atoms with Gasteiger partial charge in [0.1, 0.15) is 17.0 Å². The molecular formula is C19H22N4OS. The fraction of sp³-hybridized carbons (Fsp3) is 0.368. The quantitative estimate of drug-likeness (QED) is 0.738. The van der Waals surface area contributed by atoms with Crippen molar-refractivity contribution in [2.75, 3.05) is 25.0 Å². The number of hydrogen-bond donors (Lipinski definition) is 2. The lowest BCUT2D eigenvalue weighted by atomic mass is 10.00. The zero-order chi connectivity index (χ0) is 17.2. The van der Waals surface area contributed by atoms with Gasteiger partial charge >= 0.3 is 0 Å². The molecule has 4 rings (SSSR count). The number of aromatic nitrogens is 2. The topological polar surface area (TPSA) is 61.3 Å². The van der Waals surface area contributed by atoms with E-state index in [1.165, 1.54) is 16.0 Å². The maximum absolute atomic E-state index is 10.4. The second-order valence-corrected chi connectivity index (χ2v) is 7.82. The minimum atomic E-state index is -0.435. The number of aliphatic hydroxyl groups is 1. The summed E-state index contributed by atoms with van der Waals surface area (Å²) in [4.78, 5) is 13.1. The molecule has 2 N–H and O–H groups in total. The molecule has 2 aromatic heterocycles. The van der Waals surface area contributed by atoms with Crippen LogP contribution in [0.4, 0.5) is 5.82 Å². The molecule has 1 aliphatic heterocycles. The number of fused-ring (bicyclic) bond motifs is 2. The van der Waals surface area contributed by atoms with Crippen molar-refractivity contribution in [3.8, 4) is 0 Å². The summed E-state index contributed by atoms with van der Waals surface area (Å²) in [6.45, 7) is 5.13. The van der Waals surface area contributed by atoms with Crippen LogP contribution in [0, 0.1) is 6.92 Å². The van der Waals surface area contributed by atoms with E-state index in [-0.39, 0.29) is 0 Å². The molecule has 0 amide bonds. The lowest BCUT2D eigenvalue weighted by molar-refractivity contribution is 0.114. The third kappa shape index (κ3) is 3.66. The molecule has 0 fully saturated rings. The molecule has 3 aromatic rings. The van der Waals surface area contributed by atoms with Crippen molar-refractivity contribution in [1.29, 1.82) is 0 Å². The molecular weight excluding hydrogens is 332 g/mol. The Hall–Kier alpha value is -2.02. The predicted molar refractivity (Wildman–Crippen MR) is 102 cm³/mol. The summed E-state index contributed by atoms with van der Waals surface area (Å²) in [6, 6.07) is 10.7. The summed E-state index contributed by atoms with van der Waals surface area (Å²) < 4.78 is 0. The summed E-state index contributed by atoms with van der Waals surface area (Å²) >= 11 is 1.66. The molecule has 0 bridgehead atoms. The van der Waals surface area contributed by atoms with Gasteiger partial charge in [0.2, 0.25) is 0 Å². The van der Waals surface area contributed by atoms with Crippen LogP contribution in [0.25, 0.3) is 10.2 Å². The van der Waals surface area contributed by atoms with Gasteiger partial charge in [-0.3, -0.25) is 4.90 Å². The van der Waals surface area contributed by atoms with Crippen LogP contribution in [0.5, 0.6) is 0 Å². The molecule has 3 heterocycles. The Morgan fingerprint density at radius 1 is 1.28 bits per heavy atom. The van der Waals surface area contributed by atoms with Crippen LogP contribution in [-0.2, 0) is 13.0 Å². The third-order valence-corrected chi connectivity index (χ3v) is 5.59. The van der Waals surface area contributed by atoms with Gasteiger partial charge in [0, 0.05) is 31.1 Å². The van der Waals surface area contributed by atoms with Gasteiger partial charge in [-0.2, -0.15) is 0 Å². The zero-order valence-corrected chi connectivity index (χ0v) is 15.1. The second kappa shape index (κ2) is 7.07. The van der Waals surface area contributed by atoms with Crippen molar-refractivity contribution in [3.05, 3.63) is 52.7 Å². The minimum absolute atomic E-state index is 0.435. The molecule has 0 saturated heterocycles. The predicted octanol–water partition coefficient (Wildman–Crippen LogP) is 2.83. The van der Waals surface area contributed by atoms with Gasteiger partial charge in [0.25, 0.3) is 0 Å². The monoisotopic (exact) mass is 354 g/mol. The zero-order valence-electron chi connectivity index (χ0n) is 14.3. The molecule has 1 atom stereocenters. The normalized spacial score (nSPS) is 15.9. The van der Waals surface area contributed by atoms with Gasteiger partial charge in [-0.1, -0.05) is 24.3 Å². The second-order valence-electron chi connectivity index (χ2n) is 6.59. The number of benzene rings is 1. The van der Waals surface area contributed by atoms with Crippen LogP contribution in [0.3, 0.4) is 0 Å². The molecule has 25 heavy (non-hydrogen) atoms. The van der Waals surface area contributed by atoms with E-state index in [9.17, 15) is 5.11 Å². The van der Waals surface area contributed by atoms with Crippen molar-refractivity contribution in [2.45, 2.75) is 26.0 Å². The fourth-order valence-electron chi connectivity index (χ4n) is 3.40. The Kier molecular flexibility index (Phi) is 4.65. The number of thiophene rings is 1. The van der Waals surface area contributed by atoms with Gasteiger partial charge in [-0.25, -0.2) is 9.97 Å². The number of β-amino-alcohol motifs (C(OH)–C–C–N with tert-alkyl or cyclic N) is 1. The molecule has 1 aliphatic rings. The molecule has 0 saturated carbocycles. The molecule has 0 aliphatic carbocycles. The van der Waals surface area contributed by atoms with Gasteiger partial charge < -0.3 is 10.4 Å². The maximum Gasteiger partial charge on any atom is 0.138 e. The average Bonchev–Trinajstić information content (AvgIpc) is 3.00. The smallest absolute Gasteiger partial charge is 0.138 e. The number of aliphatic hydroxyl groups excluding tert-OH is 1. The lowest BCUT2D eigenvalue weighted by Crippen LogP contribution is -2.39. The van der Waals surface area contributed by atoms with Crippen LogP contribution < -0.4 is 5.32 Å². The molecule has 0 spiro atoms. The van der Waals surface area contributed by atoms with Crippen molar-refractivity contribution >= 4 is 27.4 Å². The molecule has 130 valence electrons. The van der Waals surface area contributed by atoms with Crippen LogP contribution in [0.1, 0.15) is 16.0 Å². The molecule has 0 radical (unpaired) electrons. The highest BCUT2D eigenvalue weighted by Gasteiger charge is 2.18. The molecule has 5 nitrogen and oxygen atoms in total. The standard InChI is InChI=1S/C19H22N4OS/c1-13-8-17-18(21-12-22-19(17)25-13)20-9-16(24)11-23-7-6-14-4-2-3-5-15(14)10-23/h2-5,8,12,16,24H,6-7,9-11H2,1H3,(H,20,21,22). The van der Waals surface area contributed by atoms with Gasteiger partial charge in [-0.05, 0) is 30.5 Å². The Morgan fingerprint density at radius 2 is 2.12 bits per heavy atom. The van der Waals surface area contributed by atoms with Crippen LogP contribution in [-0.4, -0.2) is 45.7 Å². The Balaban J connectivity index is 1.36. The van der Waals surface area contributed by atoms with Crippen molar-refractivity contribution in [2.24, 2.45) is 0 Å². The van der Waals surface area contributed by atoms with Crippen molar-refractivity contribution in [3.63, 3.8) is 0 Å². The lowest BCUT2D eigenvalue weighted by Gasteiger charge is -2.30. The number of anilines is 1. The van der Waals surface area contributed by atoms with Gasteiger partial charge in [-0.15, -0.1) is 11.3 Å². The first-order chi connectivity index (χ1) is 12.2. The maximum atomic E-state index is 10.4. The first-order valence-corrected chi connectivity index (χ1v) is 9.43. The average molecular weight is 354 g/mol. The van der Waals surface area contributed by atoms with Gasteiger partial charge in [0.15, 0.2) is 0 Å².